The lowest BCUT2D eigenvalue weighted by Gasteiger charge is -1.97. The highest BCUT2D eigenvalue weighted by atomic mass is 16.6. The van der Waals surface area contributed by atoms with E-state index in [2.05, 4.69) is 14.3 Å². The number of hydrogen-bond donors (Lipinski definition) is 0. The number of hydrogen-bond acceptors (Lipinski definition) is 4. The molecule has 0 spiro atoms. The van der Waals surface area contributed by atoms with Crippen LogP contribution >= 0.6 is 0 Å². The van der Waals surface area contributed by atoms with Crippen molar-refractivity contribution in [3.63, 3.8) is 0 Å². The maximum Gasteiger partial charge on any atom is 0.482 e. The molecule has 72 valence electrons. The van der Waals surface area contributed by atoms with Gasteiger partial charge in [-0.05, 0) is 13.8 Å². The molecule has 0 radical (unpaired) electrons. The van der Waals surface area contributed by atoms with Crippen molar-refractivity contribution in [1.82, 2.24) is 0 Å². The monoisotopic (exact) mass is 186 g/mol. The van der Waals surface area contributed by atoms with Crippen molar-refractivity contribution in [2.45, 2.75) is 13.8 Å². The summed E-state index contributed by atoms with van der Waals surface area (Å²) in [6, 6.07) is 0. The molecule has 13 heavy (non-hydrogen) atoms. The molecule has 0 bridgehead atoms. The van der Waals surface area contributed by atoms with E-state index in [0.29, 0.717) is 0 Å². The van der Waals surface area contributed by atoms with Gasteiger partial charge in [0.15, 0.2) is 0 Å². The van der Waals surface area contributed by atoms with Crippen LogP contribution in [0.2, 0.25) is 0 Å². The molecule has 0 atom stereocenters. The number of carbonyl (C=O) groups is 2. The van der Waals surface area contributed by atoms with E-state index < -0.39 is 17.7 Å². The van der Waals surface area contributed by atoms with Crippen molar-refractivity contribution in [2.24, 2.45) is 0 Å². The molecule has 0 N–H and O–H groups in total. The molecule has 0 saturated carbocycles. The molecule has 0 aliphatic rings. The lowest BCUT2D eigenvalue weighted by Crippen LogP contribution is -2.29. The quantitative estimate of drug-likeness (QED) is 0.199. The molecule has 0 aromatic rings. The summed E-state index contributed by atoms with van der Waals surface area (Å²) >= 11 is 0. The lowest BCUT2D eigenvalue weighted by molar-refractivity contribution is -0.148. The van der Waals surface area contributed by atoms with Crippen molar-refractivity contribution in [2.75, 3.05) is 13.2 Å². The zero-order chi connectivity index (χ0) is 10.3. The van der Waals surface area contributed by atoms with Gasteiger partial charge in [0.1, 0.15) is 0 Å². The Morgan fingerprint density at radius 1 is 1.15 bits per heavy atom. The van der Waals surface area contributed by atoms with Crippen molar-refractivity contribution >= 4 is 17.7 Å². The van der Waals surface area contributed by atoms with Gasteiger partial charge in [-0.15, -0.1) is 0 Å². The maximum atomic E-state index is 10.9. The van der Waals surface area contributed by atoms with Gasteiger partial charge in [-0.3, -0.25) is 0 Å². The lowest BCUT2D eigenvalue weighted by atomic mass is 10.4. The Balaban J connectivity index is 4.44. The van der Waals surface area contributed by atoms with Crippen LogP contribution in [0.25, 0.3) is 5.53 Å². The minimum atomic E-state index is -0.997. The number of carbonyl (C=O) groups excluding carboxylic acids is 2. The fourth-order valence-corrected chi connectivity index (χ4v) is 0.564. The first-order chi connectivity index (χ1) is 6.17. The van der Waals surface area contributed by atoms with Gasteiger partial charge in [-0.25, -0.2) is 9.59 Å². The molecule has 0 heterocycles. The topological polar surface area (TPSA) is 89.0 Å². The molecule has 6 heteroatoms. The molecular weight excluding hydrogens is 176 g/mol. The van der Waals surface area contributed by atoms with Gasteiger partial charge < -0.3 is 15.0 Å². The summed E-state index contributed by atoms with van der Waals surface area (Å²) in [4.78, 5) is 24.2. The molecule has 0 aliphatic heterocycles. The second-order valence-corrected chi connectivity index (χ2v) is 1.89. The minimum Gasteiger partial charge on any atom is -0.457 e. The van der Waals surface area contributed by atoms with Crippen molar-refractivity contribution in [3.05, 3.63) is 5.53 Å². The molecule has 0 aromatic carbocycles. The van der Waals surface area contributed by atoms with Gasteiger partial charge in [0, 0.05) is 0 Å². The third kappa shape index (κ3) is 3.48. The van der Waals surface area contributed by atoms with E-state index in [9.17, 15) is 9.59 Å². The summed E-state index contributed by atoms with van der Waals surface area (Å²) in [6.07, 6.45) is 0. The smallest absolute Gasteiger partial charge is 0.457 e. The number of esters is 2. The standard InChI is InChI=1S/C7H10N2O4/c1-3-12-6(10)5(9-8)7(11)13-4-2/h3-4H2,1-2H3. The summed E-state index contributed by atoms with van der Waals surface area (Å²) < 4.78 is 8.86. The van der Waals surface area contributed by atoms with Crippen molar-refractivity contribution in [1.29, 1.82) is 0 Å². The summed E-state index contributed by atoms with van der Waals surface area (Å²) in [7, 11) is 0. The molecule has 6 nitrogen and oxygen atoms in total. The van der Waals surface area contributed by atoms with Crippen LogP contribution in [-0.4, -0.2) is 35.7 Å². The zero-order valence-electron chi connectivity index (χ0n) is 7.44. The van der Waals surface area contributed by atoms with Gasteiger partial charge in [0.05, 0.1) is 13.2 Å². The summed E-state index contributed by atoms with van der Waals surface area (Å²) in [5.74, 6) is -1.99. The highest BCUT2D eigenvalue weighted by molar-refractivity contribution is 6.60. The van der Waals surface area contributed by atoms with Gasteiger partial charge >= 0.3 is 17.7 Å². The van der Waals surface area contributed by atoms with Crippen LogP contribution in [0.4, 0.5) is 0 Å². The van der Waals surface area contributed by atoms with Gasteiger partial charge in [0.25, 0.3) is 0 Å². The van der Waals surface area contributed by atoms with E-state index in [1.54, 1.807) is 13.8 Å². The molecule has 0 aromatic heterocycles. The van der Waals surface area contributed by atoms with Crippen molar-refractivity contribution < 1.29 is 23.9 Å². The Hall–Kier alpha value is -1.68. The molecule has 0 aliphatic carbocycles. The number of nitrogens with zero attached hydrogens (tertiary/aromatic N) is 2. The highest BCUT2D eigenvalue weighted by Gasteiger charge is 2.32. The average molecular weight is 186 g/mol. The second-order valence-electron chi connectivity index (χ2n) is 1.89. The number of ether oxygens (including phenoxy) is 2. The molecule has 0 saturated heterocycles. The summed E-state index contributed by atoms with van der Waals surface area (Å²) in [5.41, 5.74) is 7.56. The molecule has 0 unspecified atom stereocenters. The van der Waals surface area contributed by atoms with Crippen LogP contribution in [0.1, 0.15) is 13.8 Å². The average Bonchev–Trinajstić information content (AvgIpc) is 2.06. The Morgan fingerprint density at radius 2 is 1.54 bits per heavy atom. The normalized spacial score (nSPS) is 8.46. The SMILES string of the molecule is CCOC(=O)C(=[N+]=[N-])C(=O)OCC. The molecular formula is C7H10N2O4. The van der Waals surface area contributed by atoms with Crippen LogP contribution in [0, 0.1) is 0 Å². The van der Waals surface area contributed by atoms with E-state index >= 15 is 0 Å². The Bertz CT molecular complexity index is 235. The van der Waals surface area contributed by atoms with Crippen LogP contribution < -0.4 is 0 Å². The zero-order valence-corrected chi connectivity index (χ0v) is 7.44. The minimum absolute atomic E-state index is 0.0945. The fourth-order valence-electron chi connectivity index (χ4n) is 0.564. The summed E-state index contributed by atoms with van der Waals surface area (Å²) in [5, 5.41) is 0. The molecule has 0 amide bonds. The first-order valence-corrected chi connectivity index (χ1v) is 3.73. The van der Waals surface area contributed by atoms with E-state index in [4.69, 9.17) is 5.53 Å². The van der Waals surface area contributed by atoms with E-state index in [0.717, 1.165) is 0 Å². The maximum absolute atomic E-state index is 10.9. The van der Waals surface area contributed by atoms with Gasteiger partial charge in [0.2, 0.25) is 0 Å². The fraction of sp³-hybridized carbons (Fsp3) is 0.571. The largest absolute Gasteiger partial charge is 0.482 e. The van der Waals surface area contributed by atoms with Crippen LogP contribution in [0.15, 0.2) is 0 Å². The van der Waals surface area contributed by atoms with Crippen LogP contribution in [0.5, 0.6) is 0 Å². The van der Waals surface area contributed by atoms with E-state index in [-0.39, 0.29) is 13.2 Å². The first-order valence-electron chi connectivity index (χ1n) is 3.73. The van der Waals surface area contributed by atoms with Crippen LogP contribution in [0.3, 0.4) is 0 Å². The van der Waals surface area contributed by atoms with E-state index in [1.165, 1.54) is 0 Å². The third-order valence-electron chi connectivity index (χ3n) is 1.04. The second kappa shape index (κ2) is 5.91. The predicted octanol–water partition coefficient (Wildman–Crippen LogP) is -0.217. The van der Waals surface area contributed by atoms with Crippen molar-refractivity contribution in [3.8, 4) is 0 Å². The number of rotatable bonds is 4. The Morgan fingerprint density at radius 3 is 1.77 bits per heavy atom. The molecule has 0 rings (SSSR count). The van der Waals surface area contributed by atoms with Gasteiger partial charge in [-0.1, -0.05) is 0 Å². The third-order valence-corrected chi connectivity index (χ3v) is 1.04. The summed E-state index contributed by atoms with van der Waals surface area (Å²) in [6.45, 7) is 3.32. The Kier molecular flexibility index (Phi) is 5.14. The molecule has 0 fully saturated rings. The van der Waals surface area contributed by atoms with Crippen LogP contribution in [-0.2, 0) is 19.1 Å². The Labute approximate surface area is 75.1 Å². The predicted molar refractivity (Wildman–Crippen MR) is 41.9 cm³/mol. The van der Waals surface area contributed by atoms with Gasteiger partial charge in [-0.2, -0.15) is 4.79 Å². The van der Waals surface area contributed by atoms with E-state index in [1.807, 2.05) is 0 Å². The highest BCUT2D eigenvalue weighted by Crippen LogP contribution is 1.86. The first kappa shape index (κ1) is 11.3.